The Bertz CT molecular complexity index is 511. The molecule has 1 aliphatic rings. The maximum Gasteiger partial charge on any atom is 0.249 e. The minimum absolute atomic E-state index is 0.00771. The second-order valence-corrected chi connectivity index (χ2v) is 4.75. The van der Waals surface area contributed by atoms with Crippen LogP contribution in [0.2, 0.25) is 0 Å². The van der Waals surface area contributed by atoms with Gasteiger partial charge in [0.15, 0.2) is 0 Å². The van der Waals surface area contributed by atoms with Crippen molar-refractivity contribution in [3.63, 3.8) is 0 Å². The molecule has 2 rings (SSSR count). The number of nitrogens with one attached hydrogen (secondary N) is 1. The number of benzene rings is 1. The zero-order valence-electron chi connectivity index (χ0n) is 11.2. The van der Waals surface area contributed by atoms with Gasteiger partial charge in [0.2, 0.25) is 11.8 Å². The number of hydroxylamine groups is 1. The Kier molecular flexibility index (Phi) is 4.90. The zero-order valence-corrected chi connectivity index (χ0v) is 11.2. The first-order chi connectivity index (χ1) is 9.70. The Morgan fingerprint density at radius 1 is 1.25 bits per heavy atom. The molecule has 0 saturated carbocycles. The van der Waals surface area contributed by atoms with E-state index in [1.165, 1.54) is 5.56 Å². The molecule has 5 heteroatoms. The smallest absolute Gasteiger partial charge is 0.249 e. The number of hydrogen-bond acceptors (Lipinski definition) is 3. The monoisotopic (exact) mass is 274 g/mol. The van der Waals surface area contributed by atoms with Gasteiger partial charge in [-0.3, -0.25) is 14.8 Å². The molecule has 1 aromatic rings. The molecule has 20 heavy (non-hydrogen) atoms. The second-order valence-electron chi connectivity index (χ2n) is 4.75. The summed E-state index contributed by atoms with van der Waals surface area (Å²) in [5.41, 5.74) is 3.43. The molecule has 0 spiro atoms. The Morgan fingerprint density at radius 2 is 2.00 bits per heavy atom. The molecule has 0 atom stereocenters. The molecule has 106 valence electrons. The molecule has 0 radical (unpaired) electrons. The van der Waals surface area contributed by atoms with Gasteiger partial charge >= 0.3 is 0 Å². The van der Waals surface area contributed by atoms with Crippen LogP contribution in [0.1, 0.15) is 18.4 Å². The van der Waals surface area contributed by atoms with E-state index in [0.717, 1.165) is 6.42 Å². The summed E-state index contributed by atoms with van der Waals surface area (Å²) in [6.45, 7) is 1.27. The maximum atomic E-state index is 12.1. The van der Waals surface area contributed by atoms with Crippen LogP contribution in [0.25, 0.3) is 0 Å². The van der Waals surface area contributed by atoms with Crippen molar-refractivity contribution < 1.29 is 14.8 Å². The van der Waals surface area contributed by atoms with Crippen LogP contribution in [0.15, 0.2) is 42.0 Å². The lowest BCUT2D eigenvalue weighted by Gasteiger charge is -2.16. The van der Waals surface area contributed by atoms with E-state index in [0.29, 0.717) is 25.1 Å². The SMILES string of the molecule is O=C(CCC1=CCN(CCc2ccccc2)C1=O)NO. The molecule has 0 saturated heterocycles. The quantitative estimate of drug-likeness (QED) is 0.606. The van der Waals surface area contributed by atoms with E-state index in [-0.39, 0.29) is 12.3 Å². The first-order valence-corrected chi connectivity index (χ1v) is 6.66. The van der Waals surface area contributed by atoms with Gasteiger partial charge in [0.05, 0.1) is 0 Å². The van der Waals surface area contributed by atoms with E-state index < -0.39 is 5.91 Å². The summed E-state index contributed by atoms with van der Waals surface area (Å²) in [4.78, 5) is 24.8. The lowest BCUT2D eigenvalue weighted by Crippen LogP contribution is -2.29. The van der Waals surface area contributed by atoms with Gasteiger partial charge in [0.25, 0.3) is 0 Å². The summed E-state index contributed by atoms with van der Waals surface area (Å²) >= 11 is 0. The summed E-state index contributed by atoms with van der Waals surface area (Å²) in [6, 6.07) is 10.0. The fraction of sp³-hybridized carbons (Fsp3) is 0.333. The third-order valence-corrected chi connectivity index (χ3v) is 3.38. The Morgan fingerprint density at radius 3 is 2.70 bits per heavy atom. The number of rotatable bonds is 6. The van der Waals surface area contributed by atoms with Gasteiger partial charge in [0.1, 0.15) is 0 Å². The Balaban J connectivity index is 1.79. The van der Waals surface area contributed by atoms with Gasteiger partial charge in [-0.05, 0) is 18.4 Å². The maximum absolute atomic E-state index is 12.1. The van der Waals surface area contributed by atoms with Crippen LogP contribution in [0.3, 0.4) is 0 Å². The van der Waals surface area contributed by atoms with Crippen molar-refractivity contribution in [3.8, 4) is 0 Å². The molecule has 5 nitrogen and oxygen atoms in total. The summed E-state index contributed by atoms with van der Waals surface area (Å²) in [6.07, 6.45) is 3.18. The molecular formula is C15H18N2O3. The third kappa shape index (κ3) is 3.68. The highest BCUT2D eigenvalue weighted by Gasteiger charge is 2.23. The highest BCUT2D eigenvalue weighted by Crippen LogP contribution is 2.17. The molecule has 1 aromatic carbocycles. The predicted molar refractivity (Wildman–Crippen MR) is 74.0 cm³/mol. The second kappa shape index (κ2) is 6.86. The molecule has 0 unspecified atom stereocenters. The van der Waals surface area contributed by atoms with E-state index >= 15 is 0 Å². The van der Waals surface area contributed by atoms with E-state index in [2.05, 4.69) is 0 Å². The predicted octanol–water partition coefficient (Wildman–Crippen LogP) is 1.28. The van der Waals surface area contributed by atoms with E-state index in [1.807, 2.05) is 36.4 Å². The van der Waals surface area contributed by atoms with Crippen molar-refractivity contribution in [2.75, 3.05) is 13.1 Å². The van der Waals surface area contributed by atoms with Crippen molar-refractivity contribution >= 4 is 11.8 Å². The van der Waals surface area contributed by atoms with Crippen molar-refractivity contribution in [3.05, 3.63) is 47.5 Å². The molecular weight excluding hydrogens is 256 g/mol. The summed E-state index contributed by atoms with van der Waals surface area (Å²) in [5, 5.41) is 8.42. The normalized spacial score (nSPS) is 14.3. The van der Waals surface area contributed by atoms with Gasteiger partial charge in [-0.25, -0.2) is 5.48 Å². The zero-order chi connectivity index (χ0) is 14.4. The van der Waals surface area contributed by atoms with Crippen molar-refractivity contribution in [2.45, 2.75) is 19.3 Å². The summed E-state index contributed by atoms with van der Waals surface area (Å²) in [7, 11) is 0. The van der Waals surface area contributed by atoms with Crippen molar-refractivity contribution in [2.24, 2.45) is 0 Å². The minimum atomic E-state index is -0.471. The van der Waals surface area contributed by atoms with Gasteiger partial charge < -0.3 is 4.90 Å². The van der Waals surface area contributed by atoms with E-state index in [1.54, 1.807) is 10.4 Å². The molecule has 0 bridgehead atoms. The fourth-order valence-electron chi connectivity index (χ4n) is 2.21. The number of nitrogens with zero attached hydrogens (tertiary/aromatic N) is 1. The number of amides is 2. The number of carbonyl (C=O) groups is 2. The summed E-state index contributed by atoms with van der Waals surface area (Å²) < 4.78 is 0. The lowest BCUT2D eigenvalue weighted by atomic mass is 10.1. The molecule has 0 aliphatic carbocycles. The lowest BCUT2D eigenvalue weighted by molar-refractivity contribution is -0.129. The fourth-order valence-corrected chi connectivity index (χ4v) is 2.21. The minimum Gasteiger partial charge on any atom is -0.335 e. The average Bonchev–Trinajstić information content (AvgIpc) is 2.84. The van der Waals surface area contributed by atoms with Crippen LogP contribution in [0.5, 0.6) is 0 Å². The molecule has 2 amide bonds. The van der Waals surface area contributed by atoms with Crippen LogP contribution in [0.4, 0.5) is 0 Å². The average molecular weight is 274 g/mol. The van der Waals surface area contributed by atoms with Crippen molar-refractivity contribution in [1.82, 2.24) is 10.4 Å². The van der Waals surface area contributed by atoms with Gasteiger partial charge in [-0.2, -0.15) is 0 Å². The van der Waals surface area contributed by atoms with Crippen LogP contribution < -0.4 is 5.48 Å². The third-order valence-electron chi connectivity index (χ3n) is 3.38. The van der Waals surface area contributed by atoms with E-state index in [9.17, 15) is 9.59 Å². The van der Waals surface area contributed by atoms with Crippen LogP contribution in [-0.2, 0) is 16.0 Å². The topological polar surface area (TPSA) is 69.6 Å². The highest BCUT2D eigenvalue weighted by atomic mass is 16.5. The molecule has 0 fully saturated rings. The molecule has 1 heterocycles. The molecule has 0 aromatic heterocycles. The number of carbonyl (C=O) groups excluding carboxylic acids is 2. The highest BCUT2D eigenvalue weighted by molar-refractivity contribution is 5.96. The summed E-state index contributed by atoms with van der Waals surface area (Å²) in [5.74, 6) is -0.479. The first kappa shape index (κ1) is 14.3. The van der Waals surface area contributed by atoms with Crippen LogP contribution in [-0.4, -0.2) is 35.0 Å². The first-order valence-electron chi connectivity index (χ1n) is 6.66. The van der Waals surface area contributed by atoms with Gasteiger partial charge in [0, 0.05) is 25.1 Å². The number of hydrogen-bond donors (Lipinski definition) is 2. The van der Waals surface area contributed by atoms with Crippen LogP contribution >= 0.6 is 0 Å². The molecule has 2 N–H and O–H groups in total. The van der Waals surface area contributed by atoms with Crippen LogP contribution in [0, 0.1) is 0 Å². The standard InChI is InChI=1S/C15H18N2O3/c18-14(16-20)7-6-13-9-11-17(15(13)19)10-8-12-4-2-1-3-5-12/h1-5,9,20H,6-8,10-11H2,(H,16,18). The largest absolute Gasteiger partial charge is 0.335 e. The molecule has 1 aliphatic heterocycles. The Hall–Kier alpha value is -2.14. The van der Waals surface area contributed by atoms with Gasteiger partial charge in [-0.1, -0.05) is 36.4 Å². The van der Waals surface area contributed by atoms with Gasteiger partial charge in [-0.15, -0.1) is 0 Å². The van der Waals surface area contributed by atoms with Crippen molar-refractivity contribution in [1.29, 1.82) is 0 Å². The Labute approximate surface area is 117 Å². The van der Waals surface area contributed by atoms with E-state index in [4.69, 9.17) is 5.21 Å².